The third-order valence-corrected chi connectivity index (χ3v) is 2.03. The molecule has 0 spiro atoms. The van der Waals surface area contributed by atoms with Gasteiger partial charge in [-0.2, -0.15) is 5.10 Å². The quantitative estimate of drug-likeness (QED) is 0.738. The van der Waals surface area contributed by atoms with Gasteiger partial charge in [0.05, 0.1) is 11.3 Å². The van der Waals surface area contributed by atoms with Crippen LogP contribution in [0.15, 0.2) is 36.9 Å². The van der Waals surface area contributed by atoms with Crippen molar-refractivity contribution in [3.05, 3.63) is 42.5 Å². The molecule has 14 heavy (non-hydrogen) atoms. The zero-order chi connectivity index (χ0) is 9.97. The van der Waals surface area contributed by atoms with E-state index in [9.17, 15) is 0 Å². The molecule has 0 saturated heterocycles. The van der Waals surface area contributed by atoms with Crippen LogP contribution in [0.1, 0.15) is 5.56 Å². The number of rotatable bonds is 2. The first-order valence-corrected chi connectivity index (χ1v) is 4.43. The van der Waals surface area contributed by atoms with Crippen LogP contribution in [0.5, 0.6) is 0 Å². The molecule has 2 aromatic heterocycles. The molecule has 70 valence electrons. The number of hydrogen-bond donors (Lipinski definition) is 1. The van der Waals surface area contributed by atoms with E-state index >= 15 is 0 Å². The molecule has 2 rings (SSSR count). The van der Waals surface area contributed by atoms with Crippen LogP contribution in [-0.2, 0) is 0 Å². The highest BCUT2D eigenvalue weighted by atomic mass is 32.1. The van der Waals surface area contributed by atoms with E-state index in [1.165, 1.54) is 0 Å². The average molecular weight is 204 g/mol. The summed E-state index contributed by atoms with van der Waals surface area (Å²) in [6.45, 7) is 0. The zero-order valence-corrected chi connectivity index (χ0v) is 8.11. The molecule has 0 aliphatic rings. The zero-order valence-electron chi connectivity index (χ0n) is 7.29. The first-order chi connectivity index (χ1) is 6.79. The molecule has 0 amide bonds. The van der Waals surface area contributed by atoms with Gasteiger partial charge in [-0.25, -0.2) is 4.68 Å². The smallest absolute Gasteiger partial charge is 0.107 e. The fourth-order valence-corrected chi connectivity index (χ4v) is 1.35. The van der Waals surface area contributed by atoms with Crippen molar-refractivity contribution in [1.29, 1.82) is 0 Å². The molecule has 0 unspecified atom stereocenters. The van der Waals surface area contributed by atoms with Crippen molar-refractivity contribution in [2.24, 2.45) is 5.73 Å². The number of thiocarbonyl (C=S) groups is 1. The van der Waals surface area contributed by atoms with Gasteiger partial charge in [-0.15, -0.1) is 0 Å². The Bertz CT molecular complexity index is 450. The van der Waals surface area contributed by atoms with E-state index in [0.717, 1.165) is 11.3 Å². The van der Waals surface area contributed by atoms with Crippen LogP contribution in [0.2, 0.25) is 0 Å². The molecule has 0 bridgehead atoms. The third kappa shape index (κ3) is 1.49. The van der Waals surface area contributed by atoms with Crippen molar-refractivity contribution >= 4 is 17.2 Å². The van der Waals surface area contributed by atoms with Crippen molar-refractivity contribution in [1.82, 2.24) is 14.8 Å². The second-order valence-electron chi connectivity index (χ2n) is 2.71. The number of nitrogens with zero attached hydrogens (tertiary/aromatic N) is 3. The topological polar surface area (TPSA) is 56.7 Å². The van der Waals surface area contributed by atoms with E-state index in [0.29, 0.717) is 4.99 Å². The van der Waals surface area contributed by atoms with Crippen molar-refractivity contribution in [3.8, 4) is 5.69 Å². The summed E-state index contributed by atoms with van der Waals surface area (Å²) in [5.41, 5.74) is 7.14. The van der Waals surface area contributed by atoms with Gasteiger partial charge in [-0.05, 0) is 12.1 Å². The minimum atomic E-state index is 0.323. The summed E-state index contributed by atoms with van der Waals surface area (Å²) in [6.07, 6.45) is 6.85. The van der Waals surface area contributed by atoms with Gasteiger partial charge in [0.2, 0.25) is 0 Å². The maximum atomic E-state index is 5.57. The summed E-state index contributed by atoms with van der Waals surface area (Å²) in [5, 5.41) is 4.10. The number of aromatic nitrogens is 3. The molecule has 2 N–H and O–H groups in total. The van der Waals surface area contributed by atoms with Crippen LogP contribution in [0, 0.1) is 0 Å². The van der Waals surface area contributed by atoms with Gasteiger partial charge < -0.3 is 5.73 Å². The minimum Gasteiger partial charge on any atom is -0.389 e. The molecule has 0 saturated carbocycles. The predicted molar refractivity (Wildman–Crippen MR) is 57.2 cm³/mol. The van der Waals surface area contributed by atoms with Crippen LogP contribution in [0.25, 0.3) is 5.69 Å². The number of pyridine rings is 1. The minimum absolute atomic E-state index is 0.323. The van der Waals surface area contributed by atoms with E-state index in [1.807, 2.05) is 18.3 Å². The Morgan fingerprint density at radius 1 is 1.43 bits per heavy atom. The maximum absolute atomic E-state index is 5.57. The summed E-state index contributed by atoms with van der Waals surface area (Å²) in [6, 6.07) is 3.66. The molecule has 0 radical (unpaired) electrons. The van der Waals surface area contributed by atoms with Crippen molar-refractivity contribution in [2.75, 3.05) is 0 Å². The van der Waals surface area contributed by atoms with Gasteiger partial charge in [-0.3, -0.25) is 4.98 Å². The lowest BCUT2D eigenvalue weighted by Crippen LogP contribution is -2.13. The van der Waals surface area contributed by atoms with Gasteiger partial charge in [0.1, 0.15) is 4.99 Å². The summed E-state index contributed by atoms with van der Waals surface area (Å²) in [5.74, 6) is 0. The lowest BCUT2D eigenvalue weighted by molar-refractivity contribution is 0.875. The van der Waals surface area contributed by atoms with Crippen LogP contribution in [-0.4, -0.2) is 19.8 Å². The summed E-state index contributed by atoms with van der Waals surface area (Å²) in [7, 11) is 0. The van der Waals surface area contributed by atoms with Crippen LogP contribution < -0.4 is 5.73 Å². The molecule has 2 heterocycles. The largest absolute Gasteiger partial charge is 0.389 e. The highest BCUT2D eigenvalue weighted by Crippen LogP contribution is 2.11. The predicted octanol–water partition coefficient (Wildman–Crippen LogP) is 0.902. The average Bonchev–Trinajstić information content (AvgIpc) is 2.70. The van der Waals surface area contributed by atoms with E-state index in [2.05, 4.69) is 10.1 Å². The third-order valence-electron chi connectivity index (χ3n) is 1.81. The Hall–Kier alpha value is -1.75. The molecule has 0 aliphatic carbocycles. The molecular formula is C9H8N4S. The van der Waals surface area contributed by atoms with E-state index < -0.39 is 0 Å². The Morgan fingerprint density at radius 2 is 2.29 bits per heavy atom. The van der Waals surface area contributed by atoms with Gasteiger partial charge >= 0.3 is 0 Å². The molecule has 5 heteroatoms. The van der Waals surface area contributed by atoms with E-state index in [4.69, 9.17) is 18.0 Å². The fourth-order valence-electron chi connectivity index (χ4n) is 1.19. The lowest BCUT2D eigenvalue weighted by atomic mass is 10.2. The van der Waals surface area contributed by atoms with Crippen LogP contribution in [0.4, 0.5) is 0 Å². The summed E-state index contributed by atoms with van der Waals surface area (Å²) < 4.78 is 1.70. The Balaban J connectivity index is 2.58. The highest BCUT2D eigenvalue weighted by molar-refractivity contribution is 7.80. The van der Waals surface area contributed by atoms with Gasteiger partial charge in [0.15, 0.2) is 0 Å². The Kier molecular flexibility index (Phi) is 2.24. The molecule has 0 atom stereocenters. The number of nitrogens with two attached hydrogens (primary N) is 1. The SMILES string of the molecule is NC(=S)c1cnccc1-n1cccn1. The Morgan fingerprint density at radius 3 is 2.93 bits per heavy atom. The molecule has 4 nitrogen and oxygen atoms in total. The van der Waals surface area contributed by atoms with Crippen LogP contribution in [0.3, 0.4) is 0 Å². The van der Waals surface area contributed by atoms with Crippen molar-refractivity contribution in [3.63, 3.8) is 0 Å². The lowest BCUT2D eigenvalue weighted by Gasteiger charge is -2.06. The Labute approximate surface area is 86.4 Å². The van der Waals surface area contributed by atoms with Crippen molar-refractivity contribution in [2.45, 2.75) is 0 Å². The monoisotopic (exact) mass is 204 g/mol. The summed E-state index contributed by atoms with van der Waals surface area (Å²) in [4.78, 5) is 4.29. The highest BCUT2D eigenvalue weighted by Gasteiger charge is 2.06. The van der Waals surface area contributed by atoms with Gasteiger partial charge in [0.25, 0.3) is 0 Å². The first-order valence-electron chi connectivity index (χ1n) is 4.03. The summed E-state index contributed by atoms with van der Waals surface area (Å²) >= 11 is 4.92. The second kappa shape index (κ2) is 3.55. The second-order valence-corrected chi connectivity index (χ2v) is 3.15. The van der Waals surface area contributed by atoms with Gasteiger partial charge in [0, 0.05) is 24.8 Å². The van der Waals surface area contributed by atoms with Crippen molar-refractivity contribution < 1.29 is 0 Å². The molecule has 2 aromatic rings. The van der Waals surface area contributed by atoms with Gasteiger partial charge in [-0.1, -0.05) is 12.2 Å². The van der Waals surface area contributed by atoms with E-state index in [-0.39, 0.29) is 0 Å². The molecule has 0 aliphatic heterocycles. The van der Waals surface area contributed by atoms with Crippen LogP contribution >= 0.6 is 12.2 Å². The first kappa shape index (κ1) is 8.83. The fraction of sp³-hybridized carbons (Fsp3) is 0. The maximum Gasteiger partial charge on any atom is 0.107 e. The number of hydrogen-bond acceptors (Lipinski definition) is 3. The normalized spacial score (nSPS) is 10.0. The molecule has 0 fully saturated rings. The molecular weight excluding hydrogens is 196 g/mol. The standard InChI is InChI=1S/C9H8N4S/c10-9(14)7-6-11-4-2-8(7)13-5-1-3-12-13/h1-6H,(H2,10,14). The van der Waals surface area contributed by atoms with E-state index in [1.54, 1.807) is 23.3 Å². The molecule has 0 aromatic carbocycles.